The molecular weight excluding hydrogens is 284 g/mol. The van der Waals surface area contributed by atoms with Crippen LogP contribution in [0, 0.1) is 10.1 Å². The largest absolute Gasteiger partial charge is 0.394 e. The molecule has 1 aromatic carbocycles. The first kappa shape index (κ1) is 15.6. The van der Waals surface area contributed by atoms with Gasteiger partial charge in [-0.3, -0.25) is 10.1 Å². The van der Waals surface area contributed by atoms with E-state index in [1.54, 1.807) is 0 Å². The lowest BCUT2D eigenvalue weighted by Gasteiger charge is -2.19. The summed E-state index contributed by atoms with van der Waals surface area (Å²) in [6.07, 6.45) is -6.29. The topological polar surface area (TPSA) is 145 Å². The fraction of sp³-hybridized carbons (Fsp3) is 0.500. The first-order valence-electron chi connectivity index (χ1n) is 6.25. The molecule has 2 rings (SSSR count). The maximum absolute atomic E-state index is 10.7. The minimum Gasteiger partial charge on any atom is -0.394 e. The highest BCUT2D eigenvalue weighted by Gasteiger charge is 2.45. The van der Waals surface area contributed by atoms with Gasteiger partial charge in [0.2, 0.25) is 0 Å². The van der Waals surface area contributed by atoms with Gasteiger partial charge >= 0.3 is 0 Å². The van der Waals surface area contributed by atoms with Gasteiger partial charge in [0, 0.05) is 17.8 Å². The fourth-order valence-corrected chi connectivity index (χ4v) is 2.12. The van der Waals surface area contributed by atoms with Crippen molar-refractivity contribution in [2.45, 2.75) is 30.6 Å². The van der Waals surface area contributed by atoms with Crippen LogP contribution in [-0.4, -0.2) is 62.6 Å². The van der Waals surface area contributed by atoms with Crippen molar-refractivity contribution in [1.29, 1.82) is 0 Å². The monoisotopic (exact) mass is 300 g/mol. The molecule has 0 aromatic heterocycles. The second-order valence-electron chi connectivity index (χ2n) is 4.70. The summed E-state index contributed by atoms with van der Waals surface area (Å²) in [5, 5.41) is 51.3. The molecule has 0 spiro atoms. The predicted molar refractivity (Wildman–Crippen MR) is 70.5 cm³/mol. The zero-order valence-corrected chi connectivity index (χ0v) is 10.9. The quantitative estimate of drug-likeness (QED) is 0.337. The SMILES string of the molecule is O=[N+]([O-])c1cccc(N[C@H]2O[C@@H]([C@H](O)CO)[C@@H](O)[C@H]2O)c1. The Labute approximate surface area is 119 Å². The second kappa shape index (κ2) is 6.33. The van der Waals surface area contributed by atoms with E-state index in [4.69, 9.17) is 9.84 Å². The van der Waals surface area contributed by atoms with Crippen LogP contribution in [0.5, 0.6) is 0 Å². The van der Waals surface area contributed by atoms with E-state index in [-0.39, 0.29) is 5.69 Å². The first-order valence-corrected chi connectivity index (χ1v) is 6.25. The molecule has 1 fully saturated rings. The molecule has 1 aliphatic heterocycles. The van der Waals surface area contributed by atoms with Crippen molar-refractivity contribution in [2.24, 2.45) is 0 Å². The Morgan fingerprint density at radius 2 is 2.10 bits per heavy atom. The number of hydrogen-bond acceptors (Lipinski definition) is 8. The number of nitrogens with one attached hydrogen (secondary N) is 1. The molecule has 0 saturated carbocycles. The average molecular weight is 300 g/mol. The first-order chi connectivity index (χ1) is 9.93. The number of nitro groups is 1. The lowest BCUT2D eigenvalue weighted by molar-refractivity contribution is -0.384. The van der Waals surface area contributed by atoms with E-state index in [0.29, 0.717) is 5.69 Å². The maximum Gasteiger partial charge on any atom is 0.271 e. The van der Waals surface area contributed by atoms with E-state index < -0.39 is 42.2 Å². The summed E-state index contributed by atoms with van der Waals surface area (Å²) in [6, 6.07) is 5.55. The normalized spacial score (nSPS) is 30.1. The van der Waals surface area contributed by atoms with Gasteiger partial charge in [-0.05, 0) is 6.07 Å². The average Bonchev–Trinajstić information content (AvgIpc) is 2.75. The van der Waals surface area contributed by atoms with Crippen molar-refractivity contribution in [3.05, 3.63) is 34.4 Å². The Kier molecular flexibility index (Phi) is 4.70. The van der Waals surface area contributed by atoms with Crippen LogP contribution in [0.15, 0.2) is 24.3 Å². The van der Waals surface area contributed by atoms with Crippen molar-refractivity contribution >= 4 is 11.4 Å². The Bertz CT molecular complexity index is 512. The van der Waals surface area contributed by atoms with Crippen LogP contribution < -0.4 is 5.32 Å². The number of anilines is 1. The van der Waals surface area contributed by atoms with Gasteiger partial charge in [-0.25, -0.2) is 0 Å². The fourth-order valence-electron chi connectivity index (χ4n) is 2.12. The van der Waals surface area contributed by atoms with Crippen molar-refractivity contribution in [1.82, 2.24) is 0 Å². The van der Waals surface area contributed by atoms with Crippen LogP contribution >= 0.6 is 0 Å². The van der Waals surface area contributed by atoms with Crippen molar-refractivity contribution in [3.8, 4) is 0 Å². The van der Waals surface area contributed by atoms with E-state index in [0.717, 1.165) is 0 Å². The van der Waals surface area contributed by atoms with Gasteiger partial charge in [-0.15, -0.1) is 0 Å². The maximum atomic E-state index is 10.7. The molecule has 0 amide bonds. The number of ether oxygens (including phenoxy) is 1. The highest BCUT2D eigenvalue weighted by atomic mass is 16.6. The summed E-state index contributed by atoms with van der Waals surface area (Å²) < 4.78 is 5.25. The van der Waals surface area contributed by atoms with E-state index in [1.807, 2.05) is 0 Å². The Morgan fingerprint density at radius 3 is 2.71 bits per heavy atom. The molecule has 1 saturated heterocycles. The number of aliphatic hydroxyl groups is 4. The van der Waals surface area contributed by atoms with Crippen LogP contribution in [0.1, 0.15) is 0 Å². The molecule has 21 heavy (non-hydrogen) atoms. The molecule has 0 bridgehead atoms. The number of nitrogens with zero attached hydrogens (tertiary/aromatic N) is 1. The van der Waals surface area contributed by atoms with Gasteiger partial charge in [-0.1, -0.05) is 6.07 Å². The standard InChI is InChI=1S/C12H16N2O7/c15-5-8(16)11-9(17)10(18)12(21-11)13-6-2-1-3-7(4-6)14(19)20/h1-4,8-13,15-18H,5H2/t8-,9+,10-,11+,12+/m1/s1. The summed E-state index contributed by atoms with van der Waals surface area (Å²) in [4.78, 5) is 10.1. The Hall–Kier alpha value is -1.78. The Morgan fingerprint density at radius 1 is 1.38 bits per heavy atom. The highest BCUT2D eigenvalue weighted by Crippen LogP contribution is 2.26. The van der Waals surface area contributed by atoms with Crippen molar-refractivity contribution in [3.63, 3.8) is 0 Å². The minimum atomic E-state index is -1.39. The van der Waals surface area contributed by atoms with Crippen molar-refractivity contribution in [2.75, 3.05) is 11.9 Å². The minimum absolute atomic E-state index is 0.139. The zero-order valence-electron chi connectivity index (χ0n) is 10.9. The summed E-state index contributed by atoms with van der Waals surface area (Å²) in [5.41, 5.74) is 0.180. The third-order valence-electron chi connectivity index (χ3n) is 3.23. The van der Waals surface area contributed by atoms with Crippen LogP contribution in [0.2, 0.25) is 0 Å². The van der Waals surface area contributed by atoms with Crippen LogP contribution in [0.3, 0.4) is 0 Å². The van der Waals surface area contributed by atoms with E-state index in [2.05, 4.69) is 5.32 Å². The number of non-ortho nitro benzene ring substituents is 1. The molecular formula is C12H16N2O7. The predicted octanol–water partition coefficient (Wildman–Crippen LogP) is -1.19. The second-order valence-corrected chi connectivity index (χ2v) is 4.70. The summed E-state index contributed by atoms with van der Waals surface area (Å²) in [5.74, 6) is 0. The van der Waals surface area contributed by atoms with Crippen LogP contribution in [0.4, 0.5) is 11.4 Å². The molecule has 1 aromatic rings. The van der Waals surface area contributed by atoms with E-state index in [9.17, 15) is 25.4 Å². The molecule has 0 radical (unpaired) electrons. The zero-order chi connectivity index (χ0) is 15.6. The van der Waals surface area contributed by atoms with E-state index in [1.165, 1.54) is 24.3 Å². The summed E-state index contributed by atoms with van der Waals surface area (Å²) >= 11 is 0. The number of hydrogen-bond donors (Lipinski definition) is 5. The molecule has 5 N–H and O–H groups in total. The van der Waals surface area contributed by atoms with Gasteiger partial charge in [0.1, 0.15) is 24.4 Å². The Balaban J connectivity index is 2.09. The third-order valence-corrected chi connectivity index (χ3v) is 3.23. The van der Waals surface area contributed by atoms with Gasteiger partial charge in [-0.2, -0.15) is 0 Å². The molecule has 9 heteroatoms. The van der Waals surface area contributed by atoms with Gasteiger partial charge in [0.25, 0.3) is 5.69 Å². The summed E-state index contributed by atoms with van der Waals surface area (Å²) in [6.45, 7) is -0.627. The number of aliphatic hydroxyl groups excluding tert-OH is 4. The molecule has 1 heterocycles. The van der Waals surface area contributed by atoms with Crippen molar-refractivity contribution < 1.29 is 30.1 Å². The number of rotatable bonds is 5. The van der Waals surface area contributed by atoms with E-state index >= 15 is 0 Å². The number of benzene rings is 1. The smallest absolute Gasteiger partial charge is 0.271 e. The third kappa shape index (κ3) is 3.28. The van der Waals surface area contributed by atoms with Crippen LogP contribution in [-0.2, 0) is 4.74 Å². The van der Waals surface area contributed by atoms with Gasteiger partial charge < -0.3 is 30.5 Å². The number of nitro benzene ring substituents is 1. The molecule has 9 nitrogen and oxygen atoms in total. The van der Waals surface area contributed by atoms with Gasteiger partial charge in [0.05, 0.1) is 11.5 Å². The molecule has 0 unspecified atom stereocenters. The highest BCUT2D eigenvalue weighted by molar-refractivity contribution is 5.51. The molecule has 116 valence electrons. The van der Waals surface area contributed by atoms with Gasteiger partial charge in [0.15, 0.2) is 6.23 Å². The molecule has 0 aliphatic carbocycles. The lowest BCUT2D eigenvalue weighted by Crippen LogP contribution is -2.40. The molecule has 1 aliphatic rings. The van der Waals surface area contributed by atoms with Crippen LogP contribution in [0.25, 0.3) is 0 Å². The lowest BCUT2D eigenvalue weighted by atomic mass is 10.1. The molecule has 5 atom stereocenters. The summed E-state index contributed by atoms with van der Waals surface area (Å²) in [7, 11) is 0.